The summed E-state index contributed by atoms with van der Waals surface area (Å²) in [6.45, 7) is 0. The van der Waals surface area contributed by atoms with E-state index in [0.717, 1.165) is 16.6 Å². The minimum Gasteiger partial charge on any atom is -0.273 e. The zero-order valence-electron chi connectivity index (χ0n) is 15.5. The highest BCUT2D eigenvalue weighted by molar-refractivity contribution is 7.89. The lowest BCUT2D eigenvalue weighted by Crippen LogP contribution is -2.41. The minimum absolute atomic E-state index is 0.0601. The molecule has 3 aromatic carbocycles. The van der Waals surface area contributed by atoms with Crippen molar-refractivity contribution >= 4 is 26.8 Å². The van der Waals surface area contributed by atoms with Crippen LogP contribution in [-0.4, -0.2) is 24.1 Å². The van der Waals surface area contributed by atoms with Gasteiger partial charge in [-0.15, -0.1) is 4.83 Å². The number of hydrogen-bond acceptors (Lipinski definition) is 4. The maximum atomic E-state index is 12.9. The van der Waals surface area contributed by atoms with Crippen LogP contribution in [0.25, 0.3) is 22.0 Å². The van der Waals surface area contributed by atoms with E-state index in [-0.39, 0.29) is 4.90 Å². The summed E-state index contributed by atoms with van der Waals surface area (Å²) in [5.41, 5.74) is 5.16. The first kappa shape index (κ1) is 18.9. The summed E-state index contributed by atoms with van der Waals surface area (Å²) in [6.07, 6.45) is 1.59. The Kier molecular flexibility index (Phi) is 4.87. The van der Waals surface area contributed by atoms with Gasteiger partial charge in [-0.1, -0.05) is 48.5 Å². The van der Waals surface area contributed by atoms with Crippen molar-refractivity contribution in [2.45, 2.75) is 4.90 Å². The molecule has 1 heterocycles. The molecule has 0 aliphatic rings. The topological polar surface area (TPSA) is 93.1 Å². The van der Waals surface area contributed by atoms with Crippen molar-refractivity contribution < 1.29 is 13.2 Å². The van der Waals surface area contributed by atoms with Gasteiger partial charge in [0.2, 0.25) is 0 Å². The third kappa shape index (κ3) is 3.75. The number of nitrogens with one attached hydrogen (secondary N) is 2. The molecule has 1 amide bonds. The average Bonchev–Trinajstić information content (AvgIpc) is 3.13. The van der Waals surface area contributed by atoms with E-state index in [0.29, 0.717) is 10.9 Å². The number of amides is 1. The summed E-state index contributed by atoms with van der Waals surface area (Å²) in [5, 5.41) is 4.86. The first-order valence-electron chi connectivity index (χ1n) is 8.84. The number of benzene rings is 3. The Morgan fingerprint density at radius 2 is 1.59 bits per heavy atom. The highest BCUT2D eigenvalue weighted by Gasteiger charge is 2.18. The van der Waals surface area contributed by atoms with Gasteiger partial charge in [0.25, 0.3) is 15.9 Å². The van der Waals surface area contributed by atoms with Crippen molar-refractivity contribution in [1.82, 2.24) is 20.0 Å². The number of sulfonamides is 1. The summed E-state index contributed by atoms with van der Waals surface area (Å²) in [5.74, 6) is -0.569. The van der Waals surface area contributed by atoms with Crippen LogP contribution in [0.1, 0.15) is 10.4 Å². The predicted octanol–water partition coefficient (Wildman–Crippen LogP) is 2.86. The molecule has 0 fully saturated rings. The molecule has 0 spiro atoms. The number of hydrazine groups is 1. The molecule has 0 unspecified atom stereocenters. The van der Waals surface area contributed by atoms with Gasteiger partial charge in [-0.2, -0.15) is 5.10 Å². The second kappa shape index (κ2) is 7.50. The third-order valence-electron chi connectivity index (χ3n) is 4.57. The summed E-state index contributed by atoms with van der Waals surface area (Å²) in [6, 6.07) is 21.1. The lowest BCUT2D eigenvalue weighted by Gasteiger charge is -2.11. The Hall–Kier alpha value is -3.49. The molecule has 4 rings (SSSR count). The van der Waals surface area contributed by atoms with E-state index in [1.54, 1.807) is 42.2 Å². The number of fused-ring (bicyclic) bond motifs is 1. The number of aromatic nitrogens is 2. The number of carbonyl (C=O) groups excluding carboxylic acids is 1. The van der Waals surface area contributed by atoms with Gasteiger partial charge in [-0.3, -0.25) is 14.9 Å². The van der Waals surface area contributed by atoms with Crippen LogP contribution in [0, 0.1) is 0 Å². The standard InChI is InChI=1S/C21H18N4O3S/c1-25-20-13-16(15-8-4-2-5-9-15)12-18(19(20)14-22-25)21(26)23-24-29(27,28)17-10-6-3-7-11-17/h2-14,24H,1H3,(H,23,26). The van der Waals surface area contributed by atoms with Crippen LogP contribution in [0.2, 0.25) is 0 Å². The Morgan fingerprint density at radius 3 is 2.28 bits per heavy atom. The lowest BCUT2D eigenvalue weighted by atomic mass is 10.00. The molecule has 1 aromatic heterocycles. The molecule has 0 atom stereocenters. The molecule has 0 aliphatic carbocycles. The lowest BCUT2D eigenvalue weighted by molar-refractivity contribution is 0.0947. The van der Waals surface area contributed by atoms with Gasteiger partial charge in [0, 0.05) is 12.4 Å². The molecule has 8 heteroatoms. The fraction of sp³-hybridized carbons (Fsp3) is 0.0476. The molecular weight excluding hydrogens is 388 g/mol. The highest BCUT2D eigenvalue weighted by Crippen LogP contribution is 2.27. The maximum absolute atomic E-state index is 12.9. The summed E-state index contributed by atoms with van der Waals surface area (Å²) < 4.78 is 26.4. The molecule has 146 valence electrons. The number of hydrogen-bond donors (Lipinski definition) is 2. The van der Waals surface area contributed by atoms with Crippen LogP contribution >= 0.6 is 0 Å². The monoisotopic (exact) mass is 406 g/mol. The van der Waals surface area contributed by atoms with Gasteiger partial charge in [0.05, 0.1) is 22.2 Å². The van der Waals surface area contributed by atoms with E-state index < -0.39 is 15.9 Å². The Labute approximate surface area is 168 Å². The normalized spacial score (nSPS) is 11.5. The van der Waals surface area contributed by atoms with Crippen LogP contribution < -0.4 is 10.3 Å². The molecule has 2 N–H and O–H groups in total. The van der Waals surface area contributed by atoms with E-state index in [9.17, 15) is 13.2 Å². The van der Waals surface area contributed by atoms with Crippen LogP contribution in [0.4, 0.5) is 0 Å². The summed E-state index contributed by atoms with van der Waals surface area (Å²) in [7, 11) is -2.09. The van der Waals surface area contributed by atoms with Gasteiger partial charge >= 0.3 is 0 Å². The first-order valence-corrected chi connectivity index (χ1v) is 10.3. The van der Waals surface area contributed by atoms with Crippen molar-refractivity contribution in [2.75, 3.05) is 0 Å². The number of rotatable bonds is 5. The fourth-order valence-corrected chi connectivity index (χ4v) is 3.93. The van der Waals surface area contributed by atoms with Crippen molar-refractivity contribution in [1.29, 1.82) is 0 Å². The molecule has 29 heavy (non-hydrogen) atoms. The summed E-state index contributed by atoms with van der Waals surface area (Å²) in [4.78, 5) is 15.1. The second-order valence-electron chi connectivity index (χ2n) is 6.46. The zero-order chi connectivity index (χ0) is 20.4. The largest absolute Gasteiger partial charge is 0.273 e. The van der Waals surface area contributed by atoms with Crippen LogP contribution in [0.15, 0.2) is 83.9 Å². The average molecular weight is 406 g/mol. The van der Waals surface area contributed by atoms with Crippen molar-refractivity contribution in [3.63, 3.8) is 0 Å². The van der Waals surface area contributed by atoms with Gasteiger partial charge in [-0.25, -0.2) is 8.42 Å². The molecule has 0 saturated heterocycles. The Morgan fingerprint density at radius 1 is 0.931 bits per heavy atom. The Bertz CT molecular complexity index is 1280. The van der Waals surface area contributed by atoms with Crippen molar-refractivity contribution in [3.8, 4) is 11.1 Å². The first-order chi connectivity index (χ1) is 14.0. The van der Waals surface area contributed by atoms with Crippen LogP contribution in [0.5, 0.6) is 0 Å². The van der Waals surface area contributed by atoms with E-state index in [4.69, 9.17) is 0 Å². The number of aryl methyl sites for hydroxylation is 1. The van der Waals surface area contributed by atoms with E-state index in [1.165, 1.54) is 12.1 Å². The van der Waals surface area contributed by atoms with Crippen LogP contribution in [0.3, 0.4) is 0 Å². The highest BCUT2D eigenvalue weighted by atomic mass is 32.2. The molecule has 0 bridgehead atoms. The third-order valence-corrected chi connectivity index (χ3v) is 5.83. The van der Waals surface area contributed by atoms with E-state index in [1.807, 2.05) is 36.4 Å². The molecule has 4 aromatic rings. The molecule has 0 aliphatic heterocycles. The van der Waals surface area contributed by atoms with Gasteiger partial charge in [-0.05, 0) is 35.4 Å². The van der Waals surface area contributed by atoms with E-state index in [2.05, 4.69) is 15.4 Å². The van der Waals surface area contributed by atoms with Gasteiger partial charge in [0.1, 0.15) is 0 Å². The number of carbonyl (C=O) groups is 1. The quantitative estimate of drug-likeness (QED) is 0.499. The van der Waals surface area contributed by atoms with E-state index >= 15 is 0 Å². The molecular formula is C21H18N4O3S. The Balaban J connectivity index is 1.69. The maximum Gasteiger partial charge on any atom is 0.267 e. The minimum atomic E-state index is -3.88. The molecule has 7 nitrogen and oxygen atoms in total. The summed E-state index contributed by atoms with van der Waals surface area (Å²) >= 11 is 0. The van der Waals surface area contributed by atoms with Crippen molar-refractivity contribution in [3.05, 3.63) is 84.6 Å². The zero-order valence-corrected chi connectivity index (χ0v) is 16.3. The fourth-order valence-electron chi connectivity index (χ4n) is 3.07. The number of nitrogens with zero attached hydrogens (tertiary/aromatic N) is 2. The molecule has 0 saturated carbocycles. The SMILES string of the molecule is Cn1ncc2c(C(=O)NNS(=O)(=O)c3ccccc3)cc(-c3ccccc3)cc21. The predicted molar refractivity (Wildman–Crippen MR) is 110 cm³/mol. The second-order valence-corrected chi connectivity index (χ2v) is 8.15. The van der Waals surface area contributed by atoms with Crippen molar-refractivity contribution in [2.24, 2.45) is 7.05 Å². The van der Waals surface area contributed by atoms with Gasteiger partial charge < -0.3 is 0 Å². The van der Waals surface area contributed by atoms with Crippen LogP contribution in [-0.2, 0) is 17.1 Å². The molecule has 0 radical (unpaired) electrons. The smallest absolute Gasteiger partial charge is 0.267 e. The van der Waals surface area contributed by atoms with Gasteiger partial charge in [0.15, 0.2) is 0 Å².